The molecule has 20 heavy (non-hydrogen) atoms. The average Bonchev–Trinajstić information content (AvgIpc) is 2.41. The number of nitriles is 1. The molecule has 0 heterocycles. The van der Waals surface area contributed by atoms with E-state index in [0.29, 0.717) is 16.9 Å². The van der Waals surface area contributed by atoms with Crippen molar-refractivity contribution < 1.29 is 8.42 Å². The Hall–Kier alpha value is -2.52. The summed E-state index contributed by atoms with van der Waals surface area (Å²) < 4.78 is 26.8. The summed E-state index contributed by atoms with van der Waals surface area (Å²) in [6, 6.07) is 12.7. The maximum Gasteiger partial charge on any atom is 0.261 e. The summed E-state index contributed by atoms with van der Waals surface area (Å²) in [7, 11) is -3.68. The molecule has 2 rings (SSSR count). The predicted molar refractivity (Wildman–Crippen MR) is 77.6 cm³/mol. The molecule has 0 aliphatic rings. The van der Waals surface area contributed by atoms with Crippen molar-refractivity contribution in [1.82, 2.24) is 0 Å². The van der Waals surface area contributed by atoms with Crippen molar-refractivity contribution in [2.24, 2.45) is 0 Å². The average molecular weight is 287 g/mol. The van der Waals surface area contributed by atoms with E-state index in [9.17, 15) is 8.42 Å². The molecule has 5 nitrogen and oxygen atoms in total. The zero-order chi connectivity index (χ0) is 14.8. The van der Waals surface area contributed by atoms with Gasteiger partial charge in [-0.1, -0.05) is 6.07 Å². The highest BCUT2D eigenvalue weighted by Gasteiger charge is 2.14. The van der Waals surface area contributed by atoms with Gasteiger partial charge in [-0.2, -0.15) is 5.26 Å². The summed E-state index contributed by atoms with van der Waals surface area (Å²) in [6.45, 7) is 1.79. The number of hydrogen-bond acceptors (Lipinski definition) is 4. The second-order valence-electron chi connectivity index (χ2n) is 4.32. The van der Waals surface area contributed by atoms with Gasteiger partial charge in [-0.05, 0) is 48.9 Å². The molecule has 0 unspecified atom stereocenters. The van der Waals surface area contributed by atoms with E-state index < -0.39 is 10.0 Å². The monoisotopic (exact) mass is 287 g/mol. The van der Waals surface area contributed by atoms with E-state index >= 15 is 0 Å². The van der Waals surface area contributed by atoms with E-state index in [1.165, 1.54) is 30.3 Å². The number of hydrogen-bond donors (Lipinski definition) is 2. The lowest BCUT2D eigenvalue weighted by atomic mass is 10.1. The molecule has 0 aliphatic heterocycles. The molecule has 2 aromatic carbocycles. The van der Waals surface area contributed by atoms with Crippen LogP contribution in [-0.4, -0.2) is 8.42 Å². The molecule has 6 heteroatoms. The lowest BCUT2D eigenvalue weighted by molar-refractivity contribution is 0.601. The summed E-state index contributed by atoms with van der Waals surface area (Å²) in [5.74, 6) is 0. The minimum atomic E-state index is -3.68. The Kier molecular flexibility index (Phi) is 3.63. The van der Waals surface area contributed by atoms with Crippen LogP contribution in [0.15, 0.2) is 47.4 Å². The Morgan fingerprint density at radius 3 is 2.40 bits per heavy atom. The van der Waals surface area contributed by atoms with Gasteiger partial charge in [-0.3, -0.25) is 4.72 Å². The SMILES string of the molecule is Cc1ccc(NS(=O)(=O)c2ccc(N)cc2)cc1C#N. The number of benzene rings is 2. The number of anilines is 2. The third kappa shape index (κ3) is 2.90. The fourth-order valence-corrected chi connectivity index (χ4v) is 2.72. The van der Waals surface area contributed by atoms with Gasteiger partial charge in [0.1, 0.15) is 0 Å². The van der Waals surface area contributed by atoms with Gasteiger partial charge in [-0.15, -0.1) is 0 Å². The number of rotatable bonds is 3. The van der Waals surface area contributed by atoms with Crippen LogP contribution in [0, 0.1) is 18.3 Å². The molecule has 0 aliphatic carbocycles. The van der Waals surface area contributed by atoms with Crippen molar-refractivity contribution >= 4 is 21.4 Å². The fourth-order valence-electron chi connectivity index (χ4n) is 1.67. The van der Waals surface area contributed by atoms with E-state index in [1.54, 1.807) is 19.1 Å². The van der Waals surface area contributed by atoms with Gasteiger partial charge >= 0.3 is 0 Å². The Balaban J connectivity index is 2.34. The Labute approximate surface area is 117 Å². The molecule has 0 saturated heterocycles. The highest BCUT2D eigenvalue weighted by Crippen LogP contribution is 2.19. The van der Waals surface area contributed by atoms with Crippen LogP contribution >= 0.6 is 0 Å². The lowest BCUT2D eigenvalue weighted by Crippen LogP contribution is -2.13. The molecular weight excluding hydrogens is 274 g/mol. The molecule has 2 aromatic rings. The molecule has 0 fully saturated rings. The molecule has 0 radical (unpaired) electrons. The molecule has 102 valence electrons. The normalized spacial score (nSPS) is 10.8. The van der Waals surface area contributed by atoms with Crippen molar-refractivity contribution in [3.8, 4) is 6.07 Å². The molecular formula is C14H13N3O2S. The number of nitrogens with zero attached hydrogens (tertiary/aromatic N) is 1. The predicted octanol–water partition coefficient (Wildman–Crippen LogP) is 2.25. The zero-order valence-electron chi connectivity index (χ0n) is 10.8. The van der Waals surface area contributed by atoms with Gasteiger partial charge in [0.2, 0.25) is 0 Å². The summed E-state index contributed by atoms with van der Waals surface area (Å²) >= 11 is 0. The largest absolute Gasteiger partial charge is 0.399 e. The third-order valence-corrected chi connectivity index (χ3v) is 4.20. The van der Waals surface area contributed by atoms with E-state index in [1.807, 2.05) is 6.07 Å². The molecule has 0 saturated carbocycles. The first-order valence-corrected chi connectivity index (χ1v) is 7.30. The van der Waals surface area contributed by atoms with Crippen LogP contribution in [0.3, 0.4) is 0 Å². The van der Waals surface area contributed by atoms with Gasteiger partial charge < -0.3 is 5.73 Å². The Morgan fingerprint density at radius 1 is 1.15 bits per heavy atom. The fraction of sp³-hybridized carbons (Fsp3) is 0.0714. The van der Waals surface area contributed by atoms with Crippen LogP contribution in [0.5, 0.6) is 0 Å². The first-order chi connectivity index (χ1) is 9.42. The van der Waals surface area contributed by atoms with Gasteiger partial charge in [0.25, 0.3) is 10.0 Å². The maximum atomic E-state index is 12.2. The van der Waals surface area contributed by atoms with Crippen molar-refractivity contribution in [2.75, 3.05) is 10.5 Å². The molecule has 0 atom stereocenters. The van der Waals surface area contributed by atoms with Crippen molar-refractivity contribution in [2.45, 2.75) is 11.8 Å². The summed E-state index contributed by atoms with van der Waals surface area (Å²) in [6.07, 6.45) is 0. The highest BCUT2D eigenvalue weighted by atomic mass is 32.2. The van der Waals surface area contributed by atoms with Crippen LogP contribution in [0.1, 0.15) is 11.1 Å². The number of nitrogens with one attached hydrogen (secondary N) is 1. The standard InChI is InChI=1S/C14H13N3O2S/c1-10-2-5-13(8-11(10)9-15)17-20(18,19)14-6-3-12(16)4-7-14/h2-8,17H,16H2,1H3. The topological polar surface area (TPSA) is 96.0 Å². The van der Waals surface area contributed by atoms with E-state index in [2.05, 4.69) is 4.72 Å². The number of nitrogen functional groups attached to an aromatic ring is 1. The summed E-state index contributed by atoms with van der Waals surface area (Å²) in [5.41, 5.74) is 7.60. The Morgan fingerprint density at radius 2 is 1.80 bits per heavy atom. The smallest absolute Gasteiger partial charge is 0.261 e. The lowest BCUT2D eigenvalue weighted by Gasteiger charge is -2.09. The molecule has 0 amide bonds. The van der Waals surface area contributed by atoms with Crippen LogP contribution < -0.4 is 10.5 Å². The number of aryl methyl sites for hydroxylation is 1. The minimum absolute atomic E-state index is 0.116. The second-order valence-corrected chi connectivity index (χ2v) is 6.00. The molecule has 0 spiro atoms. The van der Waals surface area contributed by atoms with Crippen molar-refractivity contribution in [3.63, 3.8) is 0 Å². The van der Waals surface area contributed by atoms with Crippen LogP contribution in [-0.2, 0) is 10.0 Å². The first kappa shape index (κ1) is 13.9. The van der Waals surface area contributed by atoms with Crippen molar-refractivity contribution in [1.29, 1.82) is 5.26 Å². The van der Waals surface area contributed by atoms with Crippen LogP contribution in [0.2, 0.25) is 0 Å². The molecule has 0 bridgehead atoms. The van der Waals surface area contributed by atoms with E-state index in [0.717, 1.165) is 5.56 Å². The van der Waals surface area contributed by atoms with Crippen molar-refractivity contribution in [3.05, 3.63) is 53.6 Å². The zero-order valence-corrected chi connectivity index (χ0v) is 11.6. The van der Waals surface area contributed by atoms with Crippen LogP contribution in [0.25, 0.3) is 0 Å². The minimum Gasteiger partial charge on any atom is -0.399 e. The quantitative estimate of drug-likeness (QED) is 0.846. The van der Waals surface area contributed by atoms with Gasteiger partial charge in [0.15, 0.2) is 0 Å². The molecule has 0 aromatic heterocycles. The van der Waals surface area contributed by atoms with Gasteiger partial charge in [0.05, 0.1) is 22.2 Å². The number of nitrogens with two attached hydrogens (primary N) is 1. The summed E-state index contributed by atoms with van der Waals surface area (Å²) in [4.78, 5) is 0.116. The van der Waals surface area contributed by atoms with E-state index in [-0.39, 0.29) is 4.90 Å². The van der Waals surface area contributed by atoms with E-state index in [4.69, 9.17) is 11.0 Å². The van der Waals surface area contributed by atoms with Crippen LogP contribution in [0.4, 0.5) is 11.4 Å². The van der Waals surface area contributed by atoms with Gasteiger partial charge in [-0.25, -0.2) is 8.42 Å². The third-order valence-electron chi connectivity index (χ3n) is 2.80. The maximum absolute atomic E-state index is 12.2. The summed E-state index contributed by atoms with van der Waals surface area (Å²) in [5, 5.41) is 8.95. The number of sulfonamides is 1. The first-order valence-electron chi connectivity index (χ1n) is 5.81. The Bertz CT molecular complexity index is 775. The molecule has 3 N–H and O–H groups in total. The van der Waals surface area contributed by atoms with Gasteiger partial charge in [0, 0.05) is 5.69 Å². The second kappa shape index (κ2) is 5.23. The highest BCUT2D eigenvalue weighted by molar-refractivity contribution is 7.92.